The summed E-state index contributed by atoms with van der Waals surface area (Å²) in [5.74, 6) is -0.283. The zero-order valence-electron chi connectivity index (χ0n) is 16.7. The van der Waals surface area contributed by atoms with E-state index in [9.17, 15) is 17.2 Å². The molecule has 1 aromatic carbocycles. The first-order chi connectivity index (χ1) is 12.5. The molecule has 0 bridgehead atoms. The molecule has 0 aromatic heterocycles. The first kappa shape index (κ1) is 24.9. The maximum Gasteiger partial charge on any atom is 0.193 e. The van der Waals surface area contributed by atoms with E-state index in [2.05, 4.69) is 10.3 Å². The second-order valence-electron chi connectivity index (χ2n) is 7.48. The van der Waals surface area contributed by atoms with Gasteiger partial charge in [-0.2, -0.15) is 0 Å². The Morgan fingerprint density at radius 2 is 1.79 bits per heavy atom. The van der Waals surface area contributed by atoms with E-state index in [0.29, 0.717) is 32.1 Å². The molecule has 1 fully saturated rings. The molecule has 10 heteroatoms. The Hall–Kier alpha value is -1.17. The minimum absolute atomic E-state index is 0. The molecule has 0 aliphatic carbocycles. The molecule has 1 aromatic rings. The predicted molar refractivity (Wildman–Crippen MR) is 120 cm³/mol. The highest BCUT2D eigenvalue weighted by Gasteiger charge is 2.29. The second-order valence-corrected chi connectivity index (χ2v) is 10.3. The van der Waals surface area contributed by atoms with Gasteiger partial charge in [0.15, 0.2) is 15.8 Å². The van der Waals surface area contributed by atoms with Gasteiger partial charge in [0, 0.05) is 45.8 Å². The van der Waals surface area contributed by atoms with E-state index in [4.69, 9.17) is 0 Å². The van der Waals surface area contributed by atoms with Crippen molar-refractivity contribution in [3.05, 3.63) is 29.8 Å². The molecule has 1 heterocycles. The van der Waals surface area contributed by atoms with Crippen molar-refractivity contribution in [1.82, 2.24) is 10.2 Å². The van der Waals surface area contributed by atoms with Gasteiger partial charge in [-0.25, -0.2) is 17.2 Å². The highest BCUT2D eigenvalue weighted by atomic mass is 127. The molecule has 1 aliphatic rings. The molecule has 0 spiro atoms. The van der Waals surface area contributed by atoms with Gasteiger partial charge in [-0.05, 0) is 32.9 Å². The molecule has 0 saturated carbocycles. The molecular formula is C18H29F2IN4O2S. The number of nitrogens with zero attached hydrogens (tertiary/aromatic N) is 3. The number of guanidine groups is 1. The van der Waals surface area contributed by atoms with Gasteiger partial charge in [0.25, 0.3) is 0 Å². The van der Waals surface area contributed by atoms with Gasteiger partial charge < -0.3 is 15.1 Å². The van der Waals surface area contributed by atoms with Crippen LogP contribution in [0.1, 0.15) is 20.8 Å². The van der Waals surface area contributed by atoms with Crippen molar-refractivity contribution >= 4 is 45.5 Å². The number of hydrogen-bond acceptors (Lipinski definition) is 4. The van der Waals surface area contributed by atoms with E-state index in [1.54, 1.807) is 32.7 Å². The minimum atomic E-state index is -3.21. The molecule has 0 atom stereocenters. The van der Waals surface area contributed by atoms with Gasteiger partial charge in [0.2, 0.25) is 0 Å². The number of benzene rings is 1. The lowest BCUT2D eigenvalue weighted by atomic mass is 10.2. The van der Waals surface area contributed by atoms with Crippen molar-refractivity contribution in [2.75, 3.05) is 50.4 Å². The lowest BCUT2D eigenvalue weighted by molar-refractivity contribution is 0.371. The Bertz CT molecular complexity index is 789. The molecule has 2 rings (SSSR count). The van der Waals surface area contributed by atoms with E-state index < -0.39 is 26.2 Å². The highest BCUT2D eigenvalue weighted by Crippen LogP contribution is 2.22. The third-order valence-electron chi connectivity index (χ3n) is 4.63. The molecule has 1 saturated heterocycles. The second kappa shape index (κ2) is 10.0. The van der Waals surface area contributed by atoms with Crippen LogP contribution in [0.4, 0.5) is 14.5 Å². The molecule has 0 unspecified atom stereocenters. The Morgan fingerprint density at radius 1 is 1.18 bits per heavy atom. The van der Waals surface area contributed by atoms with E-state index >= 15 is 0 Å². The summed E-state index contributed by atoms with van der Waals surface area (Å²) in [5.41, 5.74) is 0.258. The maximum absolute atomic E-state index is 13.9. The number of piperazine rings is 1. The standard InChI is InChI=1S/C18H28F2N4O2S.HI/c1-18(2,3)27(25,26)12-7-22-17(21-4)24-10-8-23(9-11-24)16-13-14(19)5-6-15(16)20;/h5-6,13H,7-12H2,1-4H3,(H,21,22);1H. The fraction of sp³-hybridized carbons (Fsp3) is 0.611. The number of rotatable bonds is 4. The fourth-order valence-corrected chi connectivity index (χ4v) is 3.81. The zero-order valence-corrected chi connectivity index (χ0v) is 19.9. The van der Waals surface area contributed by atoms with Gasteiger partial charge >= 0.3 is 0 Å². The predicted octanol–water partition coefficient (Wildman–Crippen LogP) is 2.49. The van der Waals surface area contributed by atoms with Crippen molar-refractivity contribution < 1.29 is 17.2 Å². The van der Waals surface area contributed by atoms with Crippen molar-refractivity contribution in [2.45, 2.75) is 25.5 Å². The first-order valence-electron chi connectivity index (χ1n) is 8.93. The highest BCUT2D eigenvalue weighted by molar-refractivity contribution is 14.0. The normalized spacial score (nSPS) is 16.0. The zero-order chi connectivity index (χ0) is 20.2. The van der Waals surface area contributed by atoms with Gasteiger partial charge in [0.05, 0.1) is 16.2 Å². The number of nitrogens with one attached hydrogen (secondary N) is 1. The number of aliphatic imine (C=N–C) groups is 1. The van der Waals surface area contributed by atoms with Crippen LogP contribution in [0.15, 0.2) is 23.2 Å². The molecule has 28 heavy (non-hydrogen) atoms. The van der Waals surface area contributed by atoms with Crippen molar-refractivity contribution in [3.63, 3.8) is 0 Å². The third-order valence-corrected chi connectivity index (χ3v) is 7.23. The lowest BCUT2D eigenvalue weighted by Crippen LogP contribution is -2.53. The molecule has 6 nitrogen and oxygen atoms in total. The van der Waals surface area contributed by atoms with Crippen LogP contribution in [-0.4, -0.2) is 69.5 Å². The lowest BCUT2D eigenvalue weighted by Gasteiger charge is -2.37. The fourth-order valence-electron chi connectivity index (χ4n) is 2.82. The topological polar surface area (TPSA) is 65.0 Å². The summed E-state index contributed by atoms with van der Waals surface area (Å²) in [7, 11) is -1.57. The average Bonchev–Trinajstić information content (AvgIpc) is 2.60. The van der Waals surface area contributed by atoms with Crippen LogP contribution < -0.4 is 10.2 Å². The third kappa shape index (κ3) is 6.16. The summed E-state index contributed by atoms with van der Waals surface area (Å²) in [5, 5.41) is 3.09. The van der Waals surface area contributed by atoms with Crippen LogP contribution in [0, 0.1) is 11.6 Å². The van der Waals surface area contributed by atoms with E-state index in [1.165, 1.54) is 6.07 Å². The number of hydrogen-bond donors (Lipinski definition) is 1. The molecule has 0 amide bonds. The quantitative estimate of drug-likeness (QED) is 0.369. The number of sulfone groups is 1. The molecule has 1 N–H and O–H groups in total. The Kier molecular flexibility index (Phi) is 8.92. The Labute approximate surface area is 183 Å². The van der Waals surface area contributed by atoms with E-state index in [1.807, 2.05) is 4.90 Å². The Morgan fingerprint density at radius 3 is 2.32 bits per heavy atom. The monoisotopic (exact) mass is 530 g/mol. The summed E-state index contributed by atoms with van der Waals surface area (Å²) in [6.45, 7) is 7.49. The largest absolute Gasteiger partial charge is 0.366 e. The van der Waals surface area contributed by atoms with Gasteiger partial charge in [-0.1, -0.05) is 0 Å². The van der Waals surface area contributed by atoms with E-state index in [-0.39, 0.29) is 42.0 Å². The van der Waals surface area contributed by atoms with Crippen LogP contribution in [0.3, 0.4) is 0 Å². The average molecular weight is 530 g/mol. The molecule has 1 aliphatic heterocycles. The van der Waals surface area contributed by atoms with E-state index in [0.717, 1.165) is 12.1 Å². The van der Waals surface area contributed by atoms with Crippen molar-refractivity contribution in [2.24, 2.45) is 4.99 Å². The summed E-state index contributed by atoms with van der Waals surface area (Å²) < 4.78 is 50.9. The number of anilines is 1. The van der Waals surface area contributed by atoms with Crippen molar-refractivity contribution in [3.8, 4) is 0 Å². The summed E-state index contributed by atoms with van der Waals surface area (Å²) >= 11 is 0. The van der Waals surface area contributed by atoms with Crippen LogP contribution in [0.25, 0.3) is 0 Å². The minimum Gasteiger partial charge on any atom is -0.366 e. The molecule has 0 radical (unpaired) electrons. The van der Waals surface area contributed by atoms with Crippen LogP contribution in [-0.2, 0) is 9.84 Å². The van der Waals surface area contributed by atoms with Gasteiger partial charge in [-0.3, -0.25) is 4.99 Å². The smallest absolute Gasteiger partial charge is 0.193 e. The Balaban J connectivity index is 0.00000392. The molecular weight excluding hydrogens is 501 g/mol. The van der Waals surface area contributed by atoms with Crippen molar-refractivity contribution in [1.29, 1.82) is 0 Å². The van der Waals surface area contributed by atoms with Crippen LogP contribution in [0.5, 0.6) is 0 Å². The summed E-state index contributed by atoms with van der Waals surface area (Å²) in [6, 6.07) is 3.44. The van der Waals surface area contributed by atoms with Crippen LogP contribution >= 0.6 is 24.0 Å². The first-order valence-corrected chi connectivity index (χ1v) is 10.6. The SMILES string of the molecule is CN=C(NCCS(=O)(=O)C(C)(C)C)N1CCN(c2cc(F)ccc2F)CC1.I. The summed E-state index contributed by atoms with van der Waals surface area (Å²) in [6.07, 6.45) is 0. The maximum atomic E-state index is 13.9. The van der Waals surface area contributed by atoms with Crippen LogP contribution in [0.2, 0.25) is 0 Å². The molecule has 160 valence electrons. The number of halogens is 3. The summed E-state index contributed by atoms with van der Waals surface area (Å²) in [4.78, 5) is 7.99. The van der Waals surface area contributed by atoms with Gasteiger partial charge in [-0.15, -0.1) is 24.0 Å². The van der Waals surface area contributed by atoms with Gasteiger partial charge in [0.1, 0.15) is 11.6 Å².